The summed E-state index contributed by atoms with van der Waals surface area (Å²) in [5.41, 5.74) is 0. The molecule has 0 fully saturated rings. The molecule has 2 nitrogen and oxygen atoms in total. The number of unbranched alkanes of at least 4 members (excludes halogenated alkanes) is 10. The van der Waals surface area contributed by atoms with Gasteiger partial charge in [-0.1, -0.05) is 71.1 Å². The van der Waals surface area contributed by atoms with Crippen LogP contribution in [0.1, 0.15) is 84.0 Å². The van der Waals surface area contributed by atoms with Crippen LogP contribution in [0.15, 0.2) is 0 Å². The van der Waals surface area contributed by atoms with E-state index >= 15 is 0 Å². The zero-order valence-electron chi connectivity index (χ0n) is 10.8. The number of carbonyl (C=O) groups is 1. The second-order valence-electron chi connectivity index (χ2n) is 4.68. The Balaban J connectivity index is -0.00000112. The second kappa shape index (κ2) is 22.0. The molecule has 0 bridgehead atoms. The number of carboxylic acid groups (broad SMARTS) is 1. The molecule has 0 aromatic carbocycles. The van der Waals surface area contributed by atoms with Gasteiger partial charge in [-0.15, -0.1) is 0 Å². The van der Waals surface area contributed by atoms with Gasteiger partial charge in [0.25, 0.3) is 0 Å². The summed E-state index contributed by atoms with van der Waals surface area (Å²) < 4.78 is 0. The molecule has 100 valence electrons. The Hall–Kier alpha value is 2.74. The maximum atomic E-state index is 10.3. The van der Waals surface area contributed by atoms with Crippen molar-refractivity contribution in [3.63, 3.8) is 0 Å². The van der Waals surface area contributed by atoms with Gasteiger partial charge in [-0.3, -0.25) is 4.79 Å². The molecule has 0 saturated heterocycles. The standard InChI is InChI=1S/C14H28O2.2K.2H/c1-2-3-4-5-6-7-8-9-10-11-12-13-14(15)16;;;;/h2-13H2,1H3,(H,15,16);;;;. The molecule has 0 aliphatic rings. The van der Waals surface area contributed by atoms with E-state index in [2.05, 4.69) is 6.92 Å². The van der Waals surface area contributed by atoms with Crippen molar-refractivity contribution in [3.8, 4) is 0 Å². The molecule has 0 atom stereocenters. The number of aliphatic carboxylic acids is 1. The minimum atomic E-state index is -0.657. The molecule has 0 aromatic heterocycles. The van der Waals surface area contributed by atoms with Crippen molar-refractivity contribution in [2.24, 2.45) is 0 Å². The van der Waals surface area contributed by atoms with Gasteiger partial charge in [-0.05, 0) is 6.42 Å². The first-order chi connectivity index (χ1) is 7.77. The zero-order chi connectivity index (χ0) is 12.1. The van der Waals surface area contributed by atoms with E-state index < -0.39 is 5.97 Å². The van der Waals surface area contributed by atoms with Crippen molar-refractivity contribution in [3.05, 3.63) is 0 Å². The van der Waals surface area contributed by atoms with Gasteiger partial charge in [0.15, 0.2) is 0 Å². The summed E-state index contributed by atoms with van der Waals surface area (Å²) in [6.07, 6.45) is 14.4. The summed E-state index contributed by atoms with van der Waals surface area (Å²) in [6, 6.07) is 0. The van der Waals surface area contributed by atoms with Gasteiger partial charge in [0, 0.05) is 6.42 Å². The fourth-order valence-electron chi connectivity index (χ4n) is 1.94. The molecule has 0 saturated carbocycles. The van der Waals surface area contributed by atoms with Crippen molar-refractivity contribution in [2.75, 3.05) is 0 Å². The zero-order valence-corrected chi connectivity index (χ0v) is 10.8. The molecule has 0 radical (unpaired) electrons. The van der Waals surface area contributed by atoms with Crippen LogP contribution in [0.25, 0.3) is 0 Å². The van der Waals surface area contributed by atoms with Crippen LogP contribution < -0.4 is 0 Å². The fraction of sp³-hybridized carbons (Fsp3) is 0.929. The van der Waals surface area contributed by atoms with Gasteiger partial charge < -0.3 is 5.11 Å². The topological polar surface area (TPSA) is 37.3 Å². The van der Waals surface area contributed by atoms with E-state index in [1.165, 1.54) is 57.8 Å². The summed E-state index contributed by atoms with van der Waals surface area (Å²) in [7, 11) is 0. The Bertz CT molecular complexity index is 164. The first-order valence-corrected chi connectivity index (χ1v) is 6.99. The van der Waals surface area contributed by atoms with E-state index in [0.29, 0.717) is 6.42 Å². The van der Waals surface area contributed by atoms with E-state index in [-0.39, 0.29) is 103 Å². The molecular formula is C14H30K2O2. The molecule has 0 aliphatic heterocycles. The summed E-state index contributed by atoms with van der Waals surface area (Å²) in [5.74, 6) is -0.657. The van der Waals surface area contributed by atoms with Crippen molar-refractivity contribution in [1.29, 1.82) is 0 Å². The quantitative estimate of drug-likeness (QED) is 0.443. The van der Waals surface area contributed by atoms with Crippen LogP contribution in [0, 0.1) is 0 Å². The third kappa shape index (κ3) is 23.8. The van der Waals surface area contributed by atoms with E-state index in [1.807, 2.05) is 0 Å². The third-order valence-corrected chi connectivity index (χ3v) is 2.99. The molecule has 0 spiro atoms. The number of hydrogen-bond donors (Lipinski definition) is 1. The molecular weight excluding hydrogens is 278 g/mol. The Kier molecular flexibility index (Phi) is 31.4. The summed E-state index contributed by atoms with van der Waals surface area (Å²) in [6.45, 7) is 2.25. The third-order valence-electron chi connectivity index (χ3n) is 2.99. The van der Waals surface area contributed by atoms with Crippen molar-refractivity contribution in [1.82, 2.24) is 0 Å². The summed E-state index contributed by atoms with van der Waals surface area (Å²) in [4.78, 5) is 10.3. The molecule has 0 aromatic rings. The van der Waals surface area contributed by atoms with Crippen LogP contribution in [0.3, 0.4) is 0 Å². The summed E-state index contributed by atoms with van der Waals surface area (Å²) in [5, 5.41) is 8.46. The Morgan fingerprint density at radius 3 is 1.39 bits per heavy atom. The van der Waals surface area contributed by atoms with Crippen LogP contribution in [0.4, 0.5) is 0 Å². The normalized spacial score (nSPS) is 9.39. The van der Waals surface area contributed by atoms with Crippen LogP contribution >= 0.6 is 0 Å². The molecule has 1 N–H and O–H groups in total. The van der Waals surface area contributed by atoms with Gasteiger partial charge in [0.2, 0.25) is 0 Å². The first kappa shape index (κ1) is 25.7. The number of rotatable bonds is 12. The molecule has 0 heterocycles. The van der Waals surface area contributed by atoms with Gasteiger partial charge in [-0.25, -0.2) is 0 Å². The van der Waals surface area contributed by atoms with E-state index in [1.54, 1.807) is 0 Å². The SMILES string of the molecule is CCCCCCCCCCCCCC(=O)O.[KH].[KH]. The molecule has 0 aliphatic carbocycles. The van der Waals surface area contributed by atoms with Gasteiger partial charge in [-0.2, -0.15) is 0 Å². The molecule has 0 unspecified atom stereocenters. The number of carboxylic acids is 1. The van der Waals surface area contributed by atoms with Crippen LogP contribution in [0.5, 0.6) is 0 Å². The predicted molar refractivity (Wildman–Crippen MR) is 83.0 cm³/mol. The molecule has 0 amide bonds. The van der Waals surface area contributed by atoms with Crippen molar-refractivity contribution < 1.29 is 9.90 Å². The maximum absolute atomic E-state index is 10.3. The van der Waals surface area contributed by atoms with Crippen molar-refractivity contribution in [2.45, 2.75) is 84.0 Å². The average Bonchev–Trinajstić information content (AvgIpc) is 2.25. The van der Waals surface area contributed by atoms with Gasteiger partial charge in [0.1, 0.15) is 0 Å². The Labute approximate surface area is 198 Å². The Morgan fingerprint density at radius 1 is 0.722 bits per heavy atom. The minimum absolute atomic E-state index is 0. The van der Waals surface area contributed by atoms with E-state index in [9.17, 15) is 4.79 Å². The average molecular weight is 309 g/mol. The van der Waals surface area contributed by atoms with Crippen molar-refractivity contribution >= 4 is 109 Å². The second-order valence-corrected chi connectivity index (χ2v) is 4.68. The van der Waals surface area contributed by atoms with Crippen LogP contribution in [-0.4, -0.2) is 114 Å². The Morgan fingerprint density at radius 2 is 1.06 bits per heavy atom. The molecule has 0 rings (SSSR count). The fourth-order valence-corrected chi connectivity index (χ4v) is 1.94. The van der Waals surface area contributed by atoms with Crippen LogP contribution in [-0.2, 0) is 4.79 Å². The van der Waals surface area contributed by atoms with E-state index in [4.69, 9.17) is 5.11 Å². The summed E-state index contributed by atoms with van der Waals surface area (Å²) >= 11 is 0. The molecule has 4 heteroatoms. The monoisotopic (exact) mass is 308 g/mol. The predicted octanol–water partition coefficient (Wildman–Crippen LogP) is 3.48. The van der Waals surface area contributed by atoms with Crippen LogP contribution in [0.2, 0.25) is 0 Å². The first-order valence-electron chi connectivity index (χ1n) is 6.99. The van der Waals surface area contributed by atoms with Gasteiger partial charge >= 0.3 is 109 Å². The molecule has 18 heavy (non-hydrogen) atoms. The van der Waals surface area contributed by atoms with E-state index in [0.717, 1.165) is 12.8 Å². The van der Waals surface area contributed by atoms with Gasteiger partial charge in [0.05, 0.1) is 0 Å². The number of hydrogen-bond acceptors (Lipinski definition) is 1.